The maximum absolute atomic E-state index is 13.1. The van der Waals surface area contributed by atoms with Gasteiger partial charge in [-0.1, -0.05) is 0 Å². The van der Waals surface area contributed by atoms with E-state index in [9.17, 15) is 18.8 Å². The van der Waals surface area contributed by atoms with E-state index in [-0.39, 0.29) is 17.1 Å². The standard InChI is InChI=1S/C7H8ClFN4O3/c8-1-2-12-3-4(9)5(14)13(7(12)16)11-6(10)15/h3H,1-2H2,(H3,10,11,15). The minimum absolute atomic E-state index is 0.00195. The van der Waals surface area contributed by atoms with Crippen LogP contribution in [0, 0.1) is 5.82 Å². The van der Waals surface area contributed by atoms with E-state index in [0.717, 1.165) is 4.57 Å². The van der Waals surface area contributed by atoms with Gasteiger partial charge in [0, 0.05) is 12.4 Å². The second-order valence-corrected chi connectivity index (χ2v) is 3.14. The zero-order valence-corrected chi connectivity index (χ0v) is 8.70. The number of hydrogen-bond acceptors (Lipinski definition) is 3. The van der Waals surface area contributed by atoms with Crippen LogP contribution in [-0.2, 0) is 6.54 Å². The summed E-state index contributed by atoms with van der Waals surface area (Å²) in [6.45, 7) is -0.00195. The van der Waals surface area contributed by atoms with Crippen molar-refractivity contribution in [3.05, 3.63) is 32.9 Å². The van der Waals surface area contributed by atoms with Crippen LogP contribution in [0.5, 0.6) is 0 Å². The minimum atomic E-state index is -1.28. The van der Waals surface area contributed by atoms with Gasteiger partial charge in [0.05, 0.1) is 6.20 Å². The van der Waals surface area contributed by atoms with Crippen molar-refractivity contribution in [2.24, 2.45) is 5.73 Å². The summed E-state index contributed by atoms with van der Waals surface area (Å²) in [5.41, 5.74) is 4.23. The lowest BCUT2D eigenvalue weighted by atomic mass is 10.5. The number of nitrogens with two attached hydrogens (primary N) is 1. The molecule has 1 aromatic heterocycles. The molecule has 2 amide bonds. The Morgan fingerprint density at radius 2 is 2.19 bits per heavy atom. The van der Waals surface area contributed by atoms with Gasteiger partial charge in [-0.15, -0.1) is 11.6 Å². The van der Waals surface area contributed by atoms with Gasteiger partial charge in [-0.3, -0.25) is 9.36 Å². The van der Waals surface area contributed by atoms with E-state index in [0.29, 0.717) is 6.20 Å². The molecule has 1 heterocycles. The Morgan fingerprint density at radius 1 is 1.56 bits per heavy atom. The van der Waals surface area contributed by atoms with Gasteiger partial charge in [0.1, 0.15) is 0 Å². The zero-order chi connectivity index (χ0) is 12.3. The quantitative estimate of drug-likeness (QED) is 0.674. The van der Waals surface area contributed by atoms with E-state index in [1.54, 1.807) is 5.43 Å². The molecule has 88 valence electrons. The Morgan fingerprint density at radius 3 is 2.69 bits per heavy atom. The van der Waals surface area contributed by atoms with Crippen LogP contribution in [-0.4, -0.2) is 21.2 Å². The molecule has 0 atom stereocenters. The molecule has 1 aromatic rings. The first kappa shape index (κ1) is 12.2. The Kier molecular flexibility index (Phi) is 3.67. The van der Waals surface area contributed by atoms with Gasteiger partial charge in [-0.2, -0.15) is 9.07 Å². The summed E-state index contributed by atoms with van der Waals surface area (Å²) in [6.07, 6.45) is 0.715. The van der Waals surface area contributed by atoms with Crippen LogP contribution in [0.25, 0.3) is 0 Å². The van der Waals surface area contributed by atoms with Crippen LogP contribution in [0.3, 0.4) is 0 Å². The average Bonchev–Trinajstić information content (AvgIpc) is 2.21. The van der Waals surface area contributed by atoms with Crippen molar-refractivity contribution in [3.8, 4) is 0 Å². The smallest absolute Gasteiger partial charge is 0.350 e. The number of nitrogens with one attached hydrogen (secondary N) is 1. The molecule has 0 unspecified atom stereocenters. The number of hydrogen-bond donors (Lipinski definition) is 2. The number of amides is 2. The lowest BCUT2D eigenvalue weighted by molar-refractivity contribution is 0.256. The van der Waals surface area contributed by atoms with Crippen LogP contribution in [0.1, 0.15) is 0 Å². The third-order valence-electron chi connectivity index (χ3n) is 1.66. The number of aryl methyl sites for hydroxylation is 1. The molecule has 0 saturated carbocycles. The molecule has 9 heteroatoms. The van der Waals surface area contributed by atoms with Crippen LogP contribution >= 0.6 is 11.6 Å². The van der Waals surface area contributed by atoms with E-state index in [1.807, 2.05) is 0 Å². The number of aromatic nitrogens is 2. The lowest BCUT2D eigenvalue weighted by Crippen LogP contribution is -2.49. The Labute approximate surface area is 93.2 Å². The fourth-order valence-electron chi connectivity index (χ4n) is 1.03. The Balaban J connectivity index is 3.40. The zero-order valence-electron chi connectivity index (χ0n) is 7.94. The Hall–Kier alpha value is -1.83. The van der Waals surface area contributed by atoms with E-state index in [4.69, 9.17) is 17.3 Å². The van der Waals surface area contributed by atoms with Crippen molar-refractivity contribution in [2.75, 3.05) is 11.3 Å². The molecule has 7 nitrogen and oxygen atoms in total. The van der Waals surface area contributed by atoms with E-state index in [1.165, 1.54) is 0 Å². The number of urea groups is 1. The lowest BCUT2D eigenvalue weighted by Gasteiger charge is -2.08. The van der Waals surface area contributed by atoms with Gasteiger partial charge in [0.2, 0.25) is 5.82 Å². The third kappa shape index (κ3) is 2.40. The van der Waals surface area contributed by atoms with Gasteiger partial charge in [-0.25, -0.2) is 15.0 Å². The Bertz CT molecular complexity index is 523. The molecule has 0 aliphatic rings. The summed E-state index contributed by atoms with van der Waals surface area (Å²) in [7, 11) is 0. The van der Waals surface area contributed by atoms with E-state index < -0.39 is 23.1 Å². The maximum atomic E-state index is 13.1. The number of alkyl halides is 1. The molecule has 0 aliphatic carbocycles. The molecule has 16 heavy (non-hydrogen) atoms. The summed E-state index contributed by atoms with van der Waals surface area (Å²) >= 11 is 5.38. The van der Waals surface area contributed by atoms with Crippen molar-refractivity contribution >= 4 is 17.6 Å². The highest BCUT2D eigenvalue weighted by Crippen LogP contribution is 1.87. The largest absolute Gasteiger partial charge is 0.350 e. The molecule has 0 spiro atoms. The van der Waals surface area contributed by atoms with Crippen molar-refractivity contribution in [1.82, 2.24) is 9.24 Å². The number of rotatable bonds is 3. The van der Waals surface area contributed by atoms with Crippen molar-refractivity contribution < 1.29 is 9.18 Å². The van der Waals surface area contributed by atoms with Gasteiger partial charge in [0.15, 0.2) is 0 Å². The summed E-state index contributed by atoms with van der Waals surface area (Å²) in [6, 6.07) is -1.15. The summed E-state index contributed by atoms with van der Waals surface area (Å²) in [5, 5.41) is 0. The fourth-order valence-corrected chi connectivity index (χ4v) is 1.21. The molecule has 0 radical (unpaired) electrons. The summed E-state index contributed by atoms with van der Waals surface area (Å²) in [4.78, 5) is 33.2. The molecular weight excluding hydrogens is 243 g/mol. The normalized spacial score (nSPS) is 10.1. The predicted octanol–water partition coefficient (Wildman–Crippen LogP) is -0.990. The molecule has 0 aliphatic heterocycles. The first-order chi connectivity index (χ1) is 7.47. The van der Waals surface area contributed by atoms with Crippen molar-refractivity contribution in [1.29, 1.82) is 0 Å². The molecule has 0 saturated heterocycles. The summed E-state index contributed by atoms with van der Waals surface area (Å²) < 4.78 is 14.1. The van der Waals surface area contributed by atoms with Gasteiger partial charge in [0.25, 0.3) is 0 Å². The van der Waals surface area contributed by atoms with Crippen molar-refractivity contribution in [3.63, 3.8) is 0 Å². The highest BCUT2D eigenvalue weighted by atomic mass is 35.5. The van der Waals surface area contributed by atoms with Crippen LogP contribution in [0.4, 0.5) is 9.18 Å². The second kappa shape index (κ2) is 4.79. The topological polar surface area (TPSA) is 99.1 Å². The molecule has 1 rings (SSSR count). The average molecular weight is 251 g/mol. The third-order valence-corrected chi connectivity index (χ3v) is 1.83. The first-order valence-electron chi connectivity index (χ1n) is 4.11. The van der Waals surface area contributed by atoms with Crippen LogP contribution in [0.2, 0.25) is 0 Å². The molecule has 0 aromatic carbocycles. The number of primary amides is 1. The monoisotopic (exact) mass is 250 g/mol. The maximum Gasteiger partial charge on any atom is 0.350 e. The van der Waals surface area contributed by atoms with Gasteiger partial charge >= 0.3 is 17.3 Å². The number of carbonyl (C=O) groups is 1. The SMILES string of the molecule is NC(=O)Nn1c(=O)c(F)cn(CCCl)c1=O. The number of carbonyl (C=O) groups excluding carboxylic acids is 1. The van der Waals surface area contributed by atoms with E-state index in [2.05, 4.69) is 0 Å². The molecule has 3 N–H and O–H groups in total. The van der Waals surface area contributed by atoms with Crippen LogP contribution in [0.15, 0.2) is 15.8 Å². The van der Waals surface area contributed by atoms with E-state index >= 15 is 0 Å². The van der Waals surface area contributed by atoms with Crippen LogP contribution < -0.4 is 22.4 Å². The summed E-state index contributed by atoms with van der Waals surface area (Å²) in [5.74, 6) is -1.15. The molecule has 0 fully saturated rings. The fraction of sp³-hybridized carbons (Fsp3) is 0.286. The second-order valence-electron chi connectivity index (χ2n) is 2.76. The minimum Gasteiger partial charge on any atom is -0.350 e. The van der Waals surface area contributed by atoms with Gasteiger partial charge in [-0.05, 0) is 0 Å². The van der Waals surface area contributed by atoms with Gasteiger partial charge < -0.3 is 5.73 Å². The number of nitrogens with zero attached hydrogens (tertiary/aromatic N) is 2. The molecule has 0 bridgehead atoms. The molecular formula is C7H8ClFN4O3. The highest BCUT2D eigenvalue weighted by Gasteiger charge is 2.11. The number of halogens is 2. The highest BCUT2D eigenvalue weighted by molar-refractivity contribution is 6.17. The predicted molar refractivity (Wildman–Crippen MR) is 54.6 cm³/mol. The van der Waals surface area contributed by atoms with Crippen molar-refractivity contribution in [2.45, 2.75) is 6.54 Å². The first-order valence-corrected chi connectivity index (χ1v) is 4.65.